The second kappa shape index (κ2) is 7.51. The molecule has 1 amide bonds. The largest absolute Gasteiger partial charge is 0.305 e. The van der Waals surface area contributed by atoms with Crippen molar-refractivity contribution in [3.05, 3.63) is 82.3 Å². The van der Waals surface area contributed by atoms with Crippen molar-refractivity contribution in [3.8, 4) is 21.1 Å². The molecule has 0 aliphatic rings. The van der Waals surface area contributed by atoms with Crippen LogP contribution >= 0.6 is 22.7 Å². The van der Waals surface area contributed by atoms with Gasteiger partial charge >= 0.3 is 0 Å². The van der Waals surface area contributed by atoms with Crippen molar-refractivity contribution >= 4 is 40.0 Å². The van der Waals surface area contributed by atoms with Gasteiger partial charge < -0.3 is 5.32 Å². The molecular formula is C23H18N4OS2. The molecule has 5 aromatic rings. The maximum Gasteiger partial charge on any atom is 0.268 e. The van der Waals surface area contributed by atoms with Crippen LogP contribution in [0.4, 0.5) is 5.82 Å². The molecule has 0 fully saturated rings. The normalized spacial score (nSPS) is 11.1. The van der Waals surface area contributed by atoms with E-state index in [-0.39, 0.29) is 5.91 Å². The van der Waals surface area contributed by atoms with Crippen LogP contribution in [0, 0.1) is 13.8 Å². The molecule has 0 saturated heterocycles. The molecule has 1 aromatic carbocycles. The maximum atomic E-state index is 13.2. The summed E-state index contributed by atoms with van der Waals surface area (Å²) in [5.41, 5.74) is 4.30. The fourth-order valence-electron chi connectivity index (χ4n) is 3.40. The van der Waals surface area contributed by atoms with Gasteiger partial charge in [-0.05, 0) is 36.9 Å². The number of aryl methyl sites for hydroxylation is 2. The number of hydrogen-bond acceptors (Lipinski definition) is 5. The molecule has 0 atom stereocenters. The number of benzene rings is 1. The average Bonchev–Trinajstić information content (AvgIpc) is 3.48. The summed E-state index contributed by atoms with van der Waals surface area (Å²) in [6, 6.07) is 17.9. The van der Waals surface area contributed by atoms with Gasteiger partial charge in [-0.25, -0.2) is 9.97 Å². The Labute approximate surface area is 181 Å². The smallest absolute Gasteiger partial charge is 0.268 e. The number of pyridine rings is 1. The Morgan fingerprint density at radius 3 is 2.60 bits per heavy atom. The van der Waals surface area contributed by atoms with Crippen molar-refractivity contribution in [2.24, 2.45) is 0 Å². The fraction of sp³-hybridized carbons (Fsp3) is 0.0870. The molecule has 7 heteroatoms. The van der Waals surface area contributed by atoms with E-state index in [1.165, 1.54) is 11.3 Å². The number of rotatable bonds is 4. The van der Waals surface area contributed by atoms with E-state index in [1.807, 2.05) is 84.4 Å². The second-order valence-corrected chi connectivity index (χ2v) is 8.87. The highest BCUT2D eigenvalue weighted by Crippen LogP contribution is 2.33. The Kier molecular flexibility index (Phi) is 4.69. The van der Waals surface area contributed by atoms with E-state index in [9.17, 15) is 4.79 Å². The van der Waals surface area contributed by atoms with E-state index < -0.39 is 0 Å². The van der Waals surface area contributed by atoms with Gasteiger partial charge in [0, 0.05) is 11.8 Å². The minimum atomic E-state index is -0.173. The number of amides is 1. The highest BCUT2D eigenvalue weighted by atomic mass is 32.1. The van der Waals surface area contributed by atoms with Gasteiger partial charge in [0.05, 0.1) is 10.6 Å². The fourth-order valence-corrected chi connectivity index (χ4v) is 5.16. The maximum absolute atomic E-state index is 13.2. The van der Waals surface area contributed by atoms with Crippen LogP contribution in [0.25, 0.3) is 26.8 Å². The summed E-state index contributed by atoms with van der Waals surface area (Å²) in [6.45, 7) is 3.89. The van der Waals surface area contributed by atoms with Crippen LogP contribution in [0.1, 0.15) is 20.9 Å². The summed E-state index contributed by atoms with van der Waals surface area (Å²) in [6.07, 6.45) is 1.92. The topological polar surface area (TPSA) is 59.3 Å². The lowest BCUT2D eigenvalue weighted by Gasteiger charge is -2.07. The number of hydrogen-bond donors (Lipinski definition) is 1. The molecule has 0 aliphatic carbocycles. The lowest BCUT2D eigenvalue weighted by atomic mass is 10.1. The SMILES string of the molecule is Cc1nc(-c2cccs2)sc1C(=O)Nc1c(-c2ccccc2)nc2c(C)cccn12. The summed E-state index contributed by atoms with van der Waals surface area (Å²) >= 11 is 3.04. The highest BCUT2D eigenvalue weighted by molar-refractivity contribution is 7.22. The zero-order chi connectivity index (χ0) is 20.7. The zero-order valence-corrected chi connectivity index (χ0v) is 18.1. The summed E-state index contributed by atoms with van der Waals surface area (Å²) in [5.74, 6) is 0.490. The van der Waals surface area contributed by atoms with E-state index >= 15 is 0 Å². The first kappa shape index (κ1) is 18.7. The number of nitrogens with zero attached hydrogens (tertiary/aromatic N) is 3. The summed E-state index contributed by atoms with van der Waals surface area (Å²) in [5, 5.41) is 5.99. The molecule has 4 heterocycles. The van der Waals surface area contributed by atoms with Crippen LogP contribution in [0.15, 0.2) is 66.2 Å². The first-order valence-electron chi connectivity index (χ1n) is 9.47. The summed E-state index contributed by atoms with van der Waals surface area (Å²) in [4.78, 5) is 24.4. The van der Waals surface area contributed by atoms with Gasteiger partial charge in [0.2, 0.25) is 0 Å². The number of carbonyl (C=O) groups is 1. The Balaban J connectivity index is 1.59. The van der Waals surface area contributed by atoms with E-state index in [1.54, 1.807) is 11.3 Å². The van der Waals surface area contributed by atoms with E-state index in [4.69, 9.17) is 4.98 Å². The average molecular weight is 431 g/mol. The zero-order valence-electron chi connectivity index (χ0n) is 16.4. The minimum Gasteiger partial charge on any atom is -0.305 e. The van der Waals surface area contributed by atoms with Crippen molar-refractivity contribution in [1.82, 2.24) is 14.4 Å². The van der Waals surface area contributed by atoms with Crippen LogP contribution in [0.3, 0.4) is 0 Å². The van der Waals surface area contributed by atoms with Gasteiger partial charge in [0.15, 0.2) is 0 Å². The van der Waals surface area contributed by atoms with Gasteiger partial charge in [0.25, 0.3) is 5.91 Å². The van der Waals surface area contributed by atoms with Gasteiger partial charge in [-0.2, -0.15) is 0 Å². The molecule has 0 saturated carbocycles. The number of anilines is 1. The third-order valence-corrected chi connectivity index (χ3v) is 7.05. The number of thiazole rings is 1. The Morgan fingerprint density at radius 1 is 1.00 bits per heavy atom. The van der Waals surface area contributed by atoms with E-state index in [2.05, 4.69) is 10.3 Å². The number of carbonyl (C=O) groups excluding carboxylic acids is 1. The van der Waals surface area contributed by atoms with Crippen LogP contribution in [0.5, 0.6) is 0 Å². The van der Waals surface area contributed by atoms with E-state index in [0.717, 1.165) is 38.0 Å². The second-order valence-electron chi connectivity index (χ2n) is 6.92. The highest BCUT2D eigenvalue weighted by Gasteiger charge is 2.21. The number of fused-ring (bicyclic) bond motifs is 1. The van der Waals surface area contributed by atoms with Crippen LogP contribution in [-0.2, 0) is 0 Å². The molecule has 148 valence electrons. The van der Waals surface area contributed by atoms with Crippen LogP contribution in [-0.4, -0.2) is 20.3 Å². The minimum absolute atomic E-state index is 0.173. The molecule has 0 radical (unpaired) electrons. The summed E-state index contributed by atoms with van der Waals surface area (Å²) in [7, 11) is 0. The Hall–Kier alpha value is -3.29. The molecule has 0 bridgehead atoms. The third kappa shape index (κ3) is 3.22. The molecule has 5 nitrogen and oxygen atoms in total. The first-order valence-corrected chi connectivity index (χ1v) is 11.2. The van der Waals surface area contributed by atoms with Gasteiger partial charge in [-0.1, -0.05) is 42.5 Å². The number of aromatic nitrogens is 3. The lowest BCUT2D eigenvalue weighted by molar-refractivity contribution is 0.102. The van der Waals surface area contributed by atoms with Gasteiger partial charge in [-0.15, -0.1) is 22.7 Å². The Bertz CT molecular complexity index is 1350. The molecule has 1 N–H and O–H groups in total. The third-order valence-electron chi connectivity index (χ3n) is 4.86. The Morgan fingerprint density at radius 2 is 1.83 bits per heavy atom. The molecule has 0 unspecified atom stereocenters. The standard InChI is InChI=1S/C23H18N4OS2/c1-14-8-6-12-27-20(14)25-18(16-9-4-3-5-10-16)21(27)26-22(28)19-15(2)24-23(30-19)17-11-7-13-29-17/h3-13H,1-2H3,(H,26,28). The first-order chi connectivity index (χ1) is 14.6. The van der Waals surface area contributed by atoms with Crippen molar-refractivity contribution in [2.75, 3.05) is 5.32 Å². The molecular weight excluding hydrogens is 412 g/mol. The molecule has 4 aromatic heterocycles. The lowest BCUT2D eigenvalue weighted by Crippen LogP contribution is -2.14. The number of imidazole rings is 1. The van der Waals surface area contributed by atoms with Crippen molar-refractivity contribution in [2.45, 2.75) is 13.8 Å². The summed E-state index contributed by atoms with van der Waals surface area (Å²) < 4.78 is 1.94. The predicted molar refractivity (Wildman–Crippen MR) is 123 cm³/mol. The van der Waals surface area contributed by atoms with Crippen molar-refractivity contribution < 1.29 is 4.79 Å². The monoisotopic (exact) mass is 430 g/mol. The van der Waals surface area contributed by atoms with Crippen LogP contribution < -0.4 is 5.32 Å². The van der Waals surface area contributed by atoms with Crippen molar-refractivity contribution in [1.29, 1.82) is 0 Å². The predicted octanol–water partition coefficient (Wildman–Crippen LogP) is 6.06. The van der Waals surface area contributed by atoms with Gasteiger partial charge in [-0.3, -0.25) is 9.20 Å². The van der Waals surface area contributed by atoms with Crippen molar-refractivity contribution in [3.63, 3.8) is 0 Å². The molecule has 30 heavy (non-hydrogen) atoms. The van der Waals surface area contributed by atoms with Gasteiger partial charge in [0.1, 0.15) is 27.0 Å². The quantitative estimate of drug-likeness (QED) is 0.377. The molecule has 0 aliphatic heterocycles. The van der Waals surface area contributed by atoms with Crippen LogP contribution in [0.2, 0.25) is 0 Å². The number of nitrogens with one attached hydrogen (secondary N) is 1. The van der Waals surface area contributed by atoms with E-state index in [0.29, 0.717) is 10.7 Å². The molecule has 0 spiro atoms. The molecule has 5 rings (SSSR count). The number of thiophene rings is 1.